The number of anilines is 1. The summed E-state index contributed by atoms with van der Waals surface area (Å²) >= 11 is 5.80. The Morgan fingerprint density at radius 3 is 2.46 bits per heavy atom. The molecule has 2 aromatic carbocycles. The smallest absolute Gasteiger partial charge is 0.313 e. The molecule has 0 atom stereocenters. The van der Waals surface area contributed by atoms with Gasteiger partial charge in [-0.25, -0.2) is 0 Å². The standard InChI is InChI=1S/C18H19ClN2O5/c1-25-15-6-3-11(9-16(15)26-2)7-8-20-17(23)18(24)21-13-10-12(19)4-5-14(13)22/h3-6,9-10,22H,7-8H2,1-2H3,(H,20,23)(H,21,24). The van der Waals surface area contributed by atoms with Crippen LogP contribution in [0.1, 0.15) is 5.56 Å². The van der Waals surface area contributed by atoms with Crippen molar-refractivity contribution in [3.05, 3.63) is 47.0 Å². The molecule has 26 heavy (non-hydrogen) atoms. The number of rotatable bonds is 6. The Morgan fingerprint density at radius 2 is 1.77 bits per heavy atom. The molecule has 0 aliphatic heterocycles. The molecule has 0 radical (unpaired) electrons. The highest BCUT2D eigenvalue weighted by Gasteiger charge is 2.15. The van der Waals surface area contributed by atoms with E-state index in [9.17, 15) is 14.7 Å². The number of benzene rings is 2. The van der Waals surface area contributed by atoms with Crippen LogP contribution in [0.2, 0.25) is 5.02 Å². The Bertz CT molecular complexity index is 810. The van der Waals surface area contributed by atoms with Crippen LogP contribution in [0.15, 0.2) is 36.4 Å². The summed E-state index contributed by atoms with van der Waals surface area (Å²) < 4.78 is 10.4. The third-order valence-electron chi connectivity index (χ3n) is 3.56. The third kappa shape index (κ3) is 5.03. The largest absolute Gasteiger partial charge is 0.506 e. The monoisotopic (exact) mass is 378 g/mol. The summed E-state index contributed by atoms with van der Waals surface area (Å²) in [5.41, 5.74) is 0.980. The lowest BCUT2D eigenvalue weighted by Gasteiger charge is -2.10. The van der Waals surface area contributed by atoms with E-state index in [0.717, 1.165) is 5.56 Å². The van der Waals surface area contributed by atoms with E-state index >= 15 is 0 Å². The lowest BCUT2D eigenvalue weighted by Crippen LogP contribution is -2.36. The number of phenolic OH excluding ortho intramolecular Hbond substituents is 1. The molecule has 0 unspecified atom stereocenters. The van der Waals surface area contributed by atoms with Gasteiger partial charge < -0.3 is 25.2 Å². The number of aromatic hydroxyl groups is 1. The van der Waals surface area contributed by atoms with Gasteiger partial charge in [0.1, 0.15) is 5.75 Å². The molecule has 0 aromatic heterocycles. The van der Waals surface area contributed by atoms with Crippen molar-refractivity contribution in [3.8, 4) is 17.2 Å². The van der Waals surface area contributed by atoms with Gasteiger partial charge in [0.15, 0.2) is 11.5 Å². The van der Waals surface area contributed by atoms with Crippen molar-refractivity contribution in [1.29, 1.82) is 0 Å². The van der Waals surface area contributed by atoms with Gasteiger partial charge in [-0.15, -0.1) is 0 Å². The van der Waals surface area contributed by atoms with Crippen LogP contribution in [0.4, 0.5) is 5.69 Å². The van der Waals surface area contributed by atoms with Crippen molar-refractivity contribution in [2.75, 3.05) is 26.1 Å². The second-order valence-electron chi connectivity index (χ2n) is 5.31. The molecule has 7 nitrogen and oxygen atoms in total. The van der Waals surface area contributed by atoms with E-state index in [1.165, 1.54) is 18.2 Å². The second kappa shape index (κ2) is 8.96. The van der Waals surface area contributed by atoms with E-state index in [2.05, 4.69) is 10.6 Å². The fourth-order valence-electron chi connectivity index (χ4n) is 2.22. The average molecular weight is 379 g/mol. The van der Waals surface area contributed by atoms with Gasteiger partial charge in [0.2, 0.25) is 0 Å². The van der Waals surface area contributed by atoms with E-state index in [0.29, 0.717) is 22.9 Å². The van der Waals surface area contributed by atoms with Crippen LogP contribution in [0.5, 0.6) is 17.2 Å². The minimum Gasteiger partial charge on any atom is -0.506 e. The number of ether oxygens (including phenoxy) is 2. The van der Waals surface area contributed by atoms with E-state index in [1.807, 2.05) is 6.07 Å². The van der Waals surface area contributed by atoms with Crippen LogP contribution in [-0.4, -0.2) is 37.7 Å². The lowest BCUT2D eigenvalue weighted by molar-refractivity contribution is -0.136. The Balaban J connectivity index is 1.88. The molecule has 2 rings (SSSR count). The summed E-state index contributed by atoms with van der Waals surface area (Å²) in [5, 5.41) is 14.8. The van der Waals surface area contributed by atoms with Crippen LogP contribution in [-0.2, 0) is 16.0 Å². The van der Waals surface area contributed by atoms with Gasteiger partial charge in [-0.2, -0.15) is 0 Å². The zero-order valence-corrected chi connectivity index (χ0v) is 15.1. The van der Waals surface area contributed by atoms with Gasteiger partial charge in [-0.1, -0.05) is 17.7 Å². The SMILES string of the molecule is COc1ccc(CCNC(=O)C(=O)Nc2cc(Cl)ccc2O)cc1OC. The van der Waals surface area contributed by atoms with E-state index in [1.54, 1.807) is 26.4 Å². The number of halogens is 1. The summed E-state index contributed by atoms with van der Waals surface area (Å²) in [6.45, 7) is 0.253. The van der Waals surface area contributed by atoms with Crippen molar-refractivity contribution in [2.24, 2.45) is 0 Å². The molecule has 0 fully saturated rings. The second-order valence-corrected chi connectivity index (χ2v) is 5.75. The Hall–Kier alpha value is -2.93. The molecular weight excluding hydrogens is 360 g/mol. The topological polar surface area (TPSA) is 96.9 Å². The Labute approximate surface area is 155 Å². The predicted molar refractivity (Wildman–Crippen MR) is 98.0 cm³/mol. The molecule has 0 heterocycles. The van der Waals surface area contributed by atoms with Gasteiger partial charge in [0, 0.05) is 11.6 Å². The highest BCUT2D eigenvalue weighted by molar-refractivity contribution is 6.40. The fraction of sp³-hybridized carbons (Fsp3) is 0.222. The first-order valence-electron chi connectivity index (χ1n) is 7.73. The Morgan fingerprint density at radius 1 is 1.04 bits per heavy atom. The van der Waals surface area contributed by atoms with Gasteiger partial charge in [0.25, 0.3) is 0 Å². The maximum Gasteiger partial charge on any atom is 0.313 e. The number of nitrogens with one attached hydrogen (secondary N) is 2. The van der Waals surface area contributed by atoms with Gasteiger partial charge in [0.05, 0.1) is 19.9 Å². The number of hydrogen-bond donors (Lipinski definition) is 3. The first-order chi connectivity index (χ1) is 12.4. The van der Waals surface area contributed by atoms with Crippen molar-refractivity contribution >= 4 is 29.1 Å². The summed E-state index contributed by atoms with van der Waals surface area (Å²) in [7, 11) is 3.09. The summed E-state index contributed by atoms with van der Waals surface area (Å²) in [5.74, 6) is -0.688. The van der Waals surface area contributed by atoms with E-state index < -0.39 is 11.8 Å². The van der Waals surface area contributed by atoms with Crippen LogP contribution in [0.25, 0.3) is 0 Å². The predicted octanol–water partition coefficient (Wildman–Crippen LogP) is 2.36. The molecule has 0 saturated heterocycles. The molecule has 0 spiro atoms. The first kappa shape index (κ1) is 19.4. The average Bonchev–Trinajstić information content (AvgIpc) is 2.64. The highest BCUT2D eigenvalue weighted by Crippen LogP contribution is 2.28. The number of carbonyl (C=O) groups excluding carboxylic acids is 2. The van der Waals surface area contributed by atoms with Crippen molar-refractivity contribution in [3.63, 3.8) is 0 Å². The molecule has 8 heteroatoms. The molecule has 0 saturated carbocycles. The molecule has 0 bridgehead atoms. The fourth-order valence-corrected chi connectivity index (χ4v) is 2.40. The van der Waals surface area contributed by atoms with E-state index in [-0.39, 0.29) is 18.0 Å². The molecule has 2 amide bonds. The quantitative estimate of drug-likeness (QED) is 0.529. The summed E-state index contributed by atoms with van der Waals surface area (Å²) in [6, 6.07) is 9.56. The summed E-state index contributed by atoms with van der Waals surface area (Å²) in [6.07, 6.45) is 0.502. The summed E-state index contributed by atoms with van der Waals surface area (Å²) in [4.78, 5) is 23.8. The molecule has 0 aliphatic rings. The lowest BCUT2D eigenvalue weighted by atomic mass is 10.1. The molecule has 0 aliphatic carbocycles. The zero-order chi connectivity index (χ0) is 19.1. The molecular formula is C18H19ClN2O5. The van der Waals surface area contributed by atoms with Gasteiger partial charge in [-0.05, 0) is 42.3 Å². The molecule has 138 valence electrons. The number of methoxy groups -OCH3 is 2. The number of hydrogen-bond acceptors (Lipinski definition) is 5. The molecule has 3 N–H and O–H groups in total. The van der Waals surface area contributed by atoms with E-state index in [4.69, 9.17) is 21.1 Å². The minimum absolute atomic E-state index is 0.0672. The van der Waals surface area contributed by atoms with Crippen LogP contribution < -0.4 is 20.1 Å². The Kier molecular flexibility index (Phi) is 6.68. The molecule has 2 aromatic rings. The van der Waals surface area contributed by atoms with Crippen molar-refractivity contribution < 1.29 is 24.2 Å². The van der Waals surface area contributed by atoms with Crippen molar-refractivity contribution in [2.45, 2.75) is 6.42 Å². The number of carbonyl (C=O) groups is 2. The highest BCUT2D eigenvalue weighted by atomic mass is 35.5. The first-order valence-corrected chi connectivity index (χ1v) is 8.11. The van der Waals surface area contributed by atoms with Gasteiger partial charge >= 0.3 is 11.8 Å². The maximum absolute atomic E-state index is 11.9. The maximum atomic E-state index is 11.9. The third-order valence-corrected chi connectivity index (χ3v) is 3.80. The van der Waals surface area contributed by atoms with Crippen LogP contribution >= 0.6 is 11.6 Å². The van der Waals surface area contributed by atoms with Crippen LogP contribution in [0.3, 0.4) is 0 Å². The number of amides is 2. The van der Waals surface area contributed by atoms with Crippen LogP contribution in [0, 0.1) is 0 Å². The van der Waals surface area contributed by atoms with Crippen molar-refractivity contribution in [1.82, 2.24) is 5.32 Å². The van der Waals surface area contributed by atoms with Gasteiger partial charge in [-0.3, -0.25) is 9.59 Å². The number of phenols is 1. The zero-order valence-electron chi connectivity index (χ0n) is 14.3. The normalized spacial score (nSPS) is 10.1. The minimum atomic E-state index is -0.894.